The summed E-state index contributed by atoms with van der Waals surface area (Å²) in [6.07, 6.45) is 0. The van der Waals surface area contributed by atoms with Crippen LogP contribution in [0.15, 0.2) is 48.5 Å². The number of hydrogen-bond acceptors (Lipinski definition) is 2. The van der Waals surface area contributed by atoms with Crippen LogP contribution in [0.1, 0.15) is 53.1 Å². The van der Waals surface area contributed by atoms with Crippen molar-refractivity contribution >= 4 is 5.69 Å². The average molecular weight is 408 g/mol. The molecule has 1 aliphatic heterocycles. The summed E-state index contributed by atoms with van der Waals surface area (Å²) in [5, 5.41) is 3.56. The van der Waals surface area contributed by atoms with Crippen molar-refractivity contribution in [2.75, 3.05) is 5.32 Å². The highest BCUT2D eigenvalue weighted by Gasteiger charge is 2.44. The zero-order valence-electron chi connectivity index (χ0n) is 18.1. The predicted molar refractivity (Wildman–Crippen MR) is 117 cm³/mol. The van der Waals surface area contributed by atoms with Gasteiger partial charge in [-0.1, -0.05) is 24.3 Å². The lowest BCUT2D eigenvalue weighted by Crippen LogP contribution is -2.31. The Labute approximate surface area is 176 Å². The van der Waals surface area contributed by atoms with Gasteiger partial charge in [-0.05, 0) is 86.7 Å². The van der Waals surface area contributed by atoms with Crippen LogP contribution >= 0.6 is 0 Å². The van der Waals surface area contributed by atoms with Gasteiger partial charge >= 0.3 is 0 Å². The SMILES string of the molecule is Cc1c(C)c2c(c(C)c1NCc1ccc(F)cc1)C(c1ccc(F)cc1)C(C)(C)O2. The van der Waals surface area contributed by atoms with E-state index in [-0.39, 0.29) is 17.6 Å². The number of nitrogens with one attached hydrogen (secondary N) is 1. The second-order valence-corrected chi connectivity index (χ2v) is 8.66. The summed E-state index contributed by atoms with van der Waals surface area (Å²) in [4.78, 5) is 0. The first-order chi connectivity index (χ1) is 14.2. The Balaban J connectivity index is 1.78. The molecule has 3 aromatic carbocycles. The van der Waals surface area contributed by atoms with Gasteiger partial charge < -0.3 is 10.1 Å². The second kappa shape index (κ2) is 7.42. The predicted octanol–water partition coefficient (Wildman–Crippen LogP) is 6.81. The Bertz CT molecular complexity index is 1090. The molecule has 0 radical (unpaired) electrons. The fourth-order valence-corrected chi connectivity index (χ4v) is 4.58. The van der Waals surface area contributed by atoms with Crippen LogP contribution in [0.5, 0.6) is 5.75 Å². The van der Waals surface area contributed by atoms with Gasteiger partial charge in [-0.3, -0.25) is 0 Å². The average Bonchev–Trinajstić information content (AvgIpc) is 3.00. The molecular weight excluding hydrogens is 380 g/mol. The molecule has 0 fully saturated rings. The van der Waals surface area contributed by atoms with Gasteiger partial charge in [0.1, 0.15) is 23.0 Å². The molecule has 3 aromatic rings. The third-order valence-corrected chi connectivity index (χ3v) is 6.24. The molecule has 0 saturated carbocycles. The lowest BCUT2D eigenvalue weighted by molar-refractivity contribution is 0.121. The van der Waals surface area contributed by atoms with Gasteiger partial charge in [-0.15, -0.1) is 0 Å². The molecule has 1 heterocycles. The molecule has 156 valence electrons. The maximum atomic E-state index is 13.5. The number of fused-ring (bicyclic) bond motifs is 1. The summed E-state index contributed by atoms with van der Waals surface area (Å²) in [5.41, 5.74) is 7.21. The van der Waals surface area contributed by atoms with E-state index in [0.29, 0.717) is 6.54 Å². The summed E-state index contributed by atoms with van der Waals surface area (Å²) in [6, 6.07) is 13.3. The molecular formula is C26H27F2NO. The van der Waals surface area contributed by atoms with Gasteiger partial charge in [0, 0.05) is 17.8 Å². The van der Waals surface area contributed by atoms with E-state index < -0.39 is 5.60 Å². The number of ether oxygens (including phenoxy) is 1. The van der Waals surface area contributed by atoms with E-state index in [9.17, 15) is 8.78 Å². The van der Waals surface area contributed by atoms with Crippen LogP contribution in [0, 0.1) is 32.4 Å². The smallest absolute Gasteiger partial charge is 0.127 e. The zero-order chi connectivity index (χ0) is 21.6. The third-order valence-electron chi connectivity index (χ3n) is 6.24. The van der Waals surface area contributed by atoms with E-state index in [1.54, 1.807) is 12.1 Å². The topological polar surface area (TPSA) is 21.3 Å². The molecule has 0 aromatic heterocycles. The molecule has 1 aliphatic rings. The van der Waals surface area contributed by atoms with E-state index in [4.69, 9.17) is 4.74 Å². The van der Waals surface area contributed by atoms with Crippen LogP contribution in [0.25, 0.3) is 0 Å². The maximum Gasteiger partial charge on any atom is 0.127 e. The minimum absolute atomic E-state index is 0.00114. The van der Waals surface area contributed by atoms with E-state index in [1.807, 2.05) is 12.1 Å². The first kappa shape index (κ1) is 20.4. The number of halogens is 2. The molecule has 4 rings (SSSR count). The fraction of sp³-hybridized carbons (Fsp3) is 0.308. The van der Waals surface area contributed by atoms with Crippen molar-refractivity contribution in [1.82, 2.24) is 0 Å². The minimum Gasteiger partial charge on any atom is -0.486 e. The Morgan fingerprint density at radius 3 is 2.00 bits per heavy atom. The normalized spacial score (nSPS) is 16.8. The number of hydrogen-bond donors (Lipinski definition) is 1. The van der Waals surface area contributed by atoms with Gasteiger partial charge in [-0.25, -0.2) is 8.78 Å². The molecule has 0 amide bonds. The van der Waals surface area contributed by atoms with Gasteiger partial charge in [0.15, 0.2) is 0 Å². The standard InChI is InChI=1S/C26H27F2NO/c1-15-16(2)25-22(17(3)24(15)29-14-18-6-10-20(27)11-7-18)23(26(4,5)30-25)19-8-12-21(28)13-9-19/h6-13,23,29H,14H2,1-5H3. The molecule has 30 heavy (non-hydrogen) atoms. The van der Waals surface area contributed by atoms with Crippen LogP contribution in [-0.2, 0) is 6.54 Å². The highest BCUT2D eigenvalue weighted by molar-refractivity contribution is 5.71. The van der Waals surface area contributed by atoms with Gasteiger partial charge in [0.25, 0.3) is 0 Å². The summed E-state index contributed by atoms with van der Waals surface area (Å²) < 4.78 is 33.2. The lowest BCUT2D eigenvalue weighted by Gasteiger charge is -2.27. The van der Waals surface area contributed by atoms with Crippen molar-refractivity contribution in [3.05, 3.63) is 93.5 Å². The van der Waals surface area contributed by atoms with Crippen molar-refractivity contribution in [3.8, 4) is 5.75 Å². The van der Waals surface area contributed by atoms with Crippen LogP contribution in [-0.4, -0.2) is 5.60 Å². The Morgan fingerprint density at radius 2 is 1.40 bits per heavy atom. The Kier molecular flexibility index (Phi) is 5.05. The third kappa shape index (κ3) is 3.45. The van der Waals surface area contributed by atoms with Crippen molar-refractivity contribution in [2.24, 2.45) is 0 Å². The lowest BCUT2D eigenvalue weighted by atomic mass is 9.78. The second-order valence-electron chi connectivity index (χ2n) is 8.66. The van der Waals surface area contributed by atoms with Crippen LogP contribution in [0.3, 0.4) is 0 Å². The molecule has 1 unspecified atom stereocenters. The van der Waals surface area contributed by atoms with Crippen molar-refractivity contribution < 1.29 is 13.5 Å². The highest BCUT2D eigenvalue weighted by atomic mass is 19.1. The molecule has 0 aliphatic carbocycles. The van der Waals surface area contributed by atoms with Crippen molar-refractivity contribution in [1.29, 1.82) is 0 Å². The van der Waals surface area contributed by atoms with E-state index in [0.717, 1.165) is 44.8 Å². The monoisotopic (exact) mass is 407 g/mol. The highest BCUT2D eigenvalue weighted by Crippen LogP contribution is 2.53. The van der Waals surface area contributed by atoms with Crippen LogP contribution < -0.4 is 10.1 Å². The van der Waals surface area contributed by atoms with Crippen molar-refractivity contribution in [2.45, 2.75) is 52.7 Å². The molecule has 0 spiro atoms. The maximum absolute atomic E-state index is 13.5. The molecule has 1 atom stereocenters. The summed E-state index contributed by atoms with van der Waals surface area (Å²) >= 11 is 0. The molecule has 2 nitrogen and oxygen atoms in total. The molecule has 1 N–H and O–H groups in total. The van der Waals surface area contributed by atoms with Crippen LogP contribution in [0.2, 0.25) is 0 Å². The van der Waals surface area contributed by atoms with Crippen LogP contribution in [0.4, 0.5) is 14.5 Å². The first-order valence-electron chi connectivity index (χ1n) is 10.3. The van der Waals surface area contributed by atoms with Gasteiger partial charge in [0.2, 0.25) is 0 Å². The Morgan fingerprint density at radius 1 is 0.833 bits per heavy atom. The van der Waals surface area contributed by atoms with Crippen molar-refractivity contribution in [3.63, 3.8) is 0 Å². The summed E-state index contributed by atoms with van der Waals surface area (Å²) in [7, 11) is 0. The fourth-order valence-electron chi connectivity index (χ4n) is 4.58. The molecule has 4 heteroatoms. The summed E-state index contributed by atoms with van der Waals surface area (Å²) in [5.74, 6) is 0.450. The number of rotatable bonds is 4. The van der Waals surface area contributed by atoms with E-state index in [1.165, 1.54) is 24.3 Å². The molecule has 0 bridgehead atoms. The molecule has 0 saturated heterocycles. The van der Waals surface area contributed by atoms with Gasteiger partial charge in [-0.2, -0.15) is 0 Å². The minimum atomic E-state index is -0.447. The first-order valence-corrected chi connectivity index (χ1v) is 10.3. The van der Waals surface area contributed by atoms with E-state index in [2.05, 4.69) is 39.9 Å². The largest absolute Gasteiger partial charge is 0.486 e. The summed E-state index contributed by atoms with van der Waals surface area (Å²) in [6.45, 7) is 11.1. The Hall–Kier alpha value is -2.88. The van der Waals surface area contributed by atoms with Gasteiger partial charge in [0.05, 0.1) is 5.92 Å². The number of benzene rings is 3. The quantitative estimate of drug-likeness (QED) is 0.513. The van der Waals surface area contributed by atoms with E-state index >= 15 is 0 Å². The zero-order valence-corrected chi connectivity index (χ0v) is 18.1. The number of anilines is 1.